The molecule has 0 aliphatic rings. The van der Waals surface area contributed by atoms with Crippen molar-refractivity contribution in [2.24, 2.45) is 0 Å². The van der Waals surface area contributed by atoms with Gasteiger partial charge in [-0.2, -0.15) is 0 Å². The van der Waals surface area contributed by atoms with Gasteiger partial charge >= 0.3 is 11.9 Å². The van der Waals surface area contributed by atoms with Crippen LogP contribution in [0.4, 0.5) is 0 Å². The molecule has 0 fully saturated rings. The highest BCUT2D eigenvalue weighted by Gasteiger charge is 2.25. The van der Waals surface area contributed by atoms with Gasteiger partial charge in [0.2, 0.25) is 0 Å². The van der Waals surface area contributed by atoms with E-state index in [-0.39, 0.29) is 5.60 Å². The second kappa shape index (κ2) is 63.9. The van der Waals surface area contributed by atoms with Crippen LogP contribution in [0.15, 0.2) is 48.6 Å². The van der Waals surface area contributed by atoms with Crippen LogP contribution in [0.1, 0.15) is 343 Å². The molecule has 408 valence electrons. The van der Waals surface area contributed by atoms with Gasteiger partial charge in [-0.25, -0.2) is 0 Å². The van der Waals surface area contributed by atoms with Crippen LogP contribution < -0.4 is 0 Å². The maximum Gasteiger partial charge on any atom is 0.303 e. The third kappa shape index (κ3) is 70.2. The average Bonchev–Trinajstić information content (AvgIpc) is 3.33. The number of hydrogen-bond donors (Lipinski definition) is 3. The summed E-state index contributed by atoms with van der Waals surface area (Å²) in [5.41, 5.74) is -0.364. The fraction of sp³-hybridized carbons (Fsp3) is 0.844. The van der Waals surface area contributed by atoms with Crippen LogP contribution in [0.5, 0.6) is 0 Å². The molecule has 0 heterocycles. The Morgan fingerprint density at radius 3 is 0.754 bits per heavy atom. The quantitative estimate of drug-likeness (QED) is 0.0417. The first-order valence-corrected chi connectivity index (χ1v) is 30.5. The van der Waals surface area contributed by atoms with Crippen LogP contribution >= 0.6 is 0 Å². The molecule has 0 radical (unpaired) electrons. The van der Waals surface area contributed by atoms with Crippen molar-refractivity contribution >= 4 is 11.9 Å². The van der Waals surface area contributed by atoms with Gasteiger partial charge in [0.1, 0.15) is 0 Å². The zero-order valence-corrected chi connectivity index (χ0v) is 47.2. The first-order chi connectivity index (χ1) is 33.7. The maximum atomic E-state index is 11.3. The molecule has 0 aromatic rings. The van der Waals surface area contributed by atoms with Gasteiger partial charge in [0.25, 0.3) is 0 Å². The predicted octanol–water partition coefficient (Wildman–Crippen LogP) is 21.9. The maximum absolute atomic E-state index is 11.3. The van der Waals surface area contributed by atoms with Gasteiger partial charge in [-0.3, -0.25) is 9.59 Å². The first-order valence-electron chi connectivity index (χ1n) is 30.5. The number of carboxylic acid groups (broad SMARTS) is 2. The number of unbranched alkanes of at least 4 members (excludes halogenated alkanes) is 34. The molecule has 0 atom stereocenters. The zero-order chi connectivity index (χ0) is 51.3. The Morgan fingerprint density at radius 1 is 0.290 bits per heavy atom. The van der Waals surface area contributed by atoms with E-state index in [0.29, 0.717) is 12.8 Å². The molecule has 0 saturated carbocycles. The van der Waals surface area contributed by atoms with Crippen molar-refractivity contribution in [2.45, 2.75) is 348 Å². The van der Waals surface area contributed by atoms with Crippen LogP contribution in [0.3, 0.4) is 0 Å². The summed E-state index contributed by atoms with van der Waals surface area (Å²) in [6.45, 7) is 11.3. The summed E-state index contributed by atoms with van der Waals surface area (Å²) in [5.74, 6) is -1.34. The Kier molecular flexibility index (Phi) is 65.8. The monoisotopic (exact) mass is 971 g/mol. The van der Waals surface area contributed by atoms with Gasteiger partial charge in [-0.05, 0) is 96.3 Å². The molecule has 0 aliphatic heterocycles. The second-order valence-corrected chi connectivity index (χ2v) is 20.6. The molecule has 0 aromatic carbocycles. The molecular weight excluding hydrogens is 849 g/mol. The molecule has 0 spiro atoms. The SMILES string of the molecule is CCCCC/C=C\C/C=C\CCCCCCCC(=O)O.CCCCC/C=C\C/C=C\CCCCCCCC(=O)O.CCCCCCCCCCCC(O)(CCCCCCCC)CCCCCCCC. The molecule has 3 N–H and O–H groups in total. The van der Waals surface area contributed by atoms with E-state index < -0.39 is 11.9 Å². The normalized spacial score (nSPS) is 11.8. The fourth-order valence-electron chi connectivity index (χ4n) is 8.78. The van der Waals surface area contributed by atoms with E-state index >= 15 is 0 Å². The zero-order valence-electron chi connectivity index (χ0n) is 47.2. The standard InChI is InChI=1S/C28H58O.2C18H32O2/c1-4-7-10-13-16-17-18-21-24-27-28(29,25-22-19-14-11-8-5-2)26-23-20-15-12-9-6-3;2*1-2-3-4-5-6-7-8-9-10-11-12-13-14-15-16-17-18(19)20/h29H,4-27H2,1-3H3;2*6-7,9-10H,2-5,8,11-17H2,1H3,(H,19,20)/b;2*7-6-,10-9-. The van der Waals surface area contributed by atoms with E-state index in [4.69, 9.17) is 10.2 Å². The summed E-state index contributed by atoms with van der Waals surface area (Å²) < 4.78 is 0. The van der Waals surface area contributed by atoms with E-state index in [1.165, 1.54) is 225 Å². The minimum atomic E-state index is -0.671. The summed E-state index contributed by atoms with van der Waals surface area (Å²) in [4.78, 5) is 20.6. The van der Waals surface area contributed by atoms with Crippen molar-refractivity contribution in [2.75, 3.05) is 0 Å². The number of allylic oxidation sites excluding steroid dienone is 8. The Hall–Kier alpha value is -2.14. The molecule has 0 amide bonds. The summed E-state index contributed by atoms with van der Waals surface area (Å²) in [5, 5.41) is 28.3. The molecule has 5 nitrogen and oxygen atoms in total. The van der Waals surface area contributed by atoms with Crippen LogP contribution in [0.2, 0.25) is 0 Å². The van der Waals surface area contributed by atoms with Crippen LogP contribution in [-0.4, -0.2) is 32.9 Å². The Bertz CT molecular complexity index is 1030. The third-order valence-electron chi connectivity index (χ3n) is 13.4. The van der Waals surface area contributed by atoms with Crippen molar-refractivity contribution in [1.82, 2.24) is 0 Å². The van der Waals surface area contributed by atoms with Gasteiger partial charge in [0, 0.05) is 12.8 Å². The lowest BCUT2D eigenvalue weighted by Gasteiger charge is -2.29. The minimum absolute atomic E-state index is 0.324. The lowest BCUT2D eigenvalue weighted by molar-refractivity contribution is -0.138. The molecule has 0 saturated heterocycles. The first kappa shape index (κ1) is 71.1. The van der Waals surface area contributed by atoms with Crippen molar-refractivity contribution in [3.8, 4) is 0 Å². The molecule has 0 bridgehead atoms. The lowest BCUT2D eigenvalue weighted by atomic mass is 9.85. The van der Waals surface area contributed by atoms with Crippen molar-refractivity contribution < 1.29 is 24.9 Å². The molecule has 0 unspecified atom stereocenters. The fourth-order valence-corrected chi connectivity index (χ4v) is 8.78. The Morgan fingerprint density at radius 2 is 0.493 bits per heavy atom. The highest BCUT2D eigenvalue weighted by atomic mass is 16.4. The highest BCUT2D eigenvalue weighted by molar-refractivity contribution is 5.66. The van der Waals surface area contributed by atoms with Gasteiger partial charge in [-0.15, -0.1) is 0 Å². The topological polar surface area (TPSA) is 94.8 Å². The minimum Gasteiger partial charge on any atom is -0.481 e. The van der Waals surface area contributed by atoms with Crippen LogP contribution in [0.25, 0.3) is 0 Å². The van der Waals surface area contributed by atoms with Crippen molar-refractivity contribution in [3.63, 3.8) is 0 Å². The smallest absolute Gasteiger partial charge is 0.303 e. The molecular formula is C64H122O5. The van der Waals surface area contributed by atoms with Gasteiger partial charge in [0.15, 0.2) is 0 Å². The molecule has 0 aromatic heterocycles. The van der Waals surface area contributed by atoms with E-state index in [1.807, 2.05) is 0 Å². The second-order valence-electron chi connectivity index (χ2n) is 20.6. The molecule has 69 heavy (non-hydrogen) atoms. The number of rotatable bonds is 52. The van der Waals surface area contributed by atoms with E-state index in [0.717, 1.165) is 70.6 Å². The lowest BCUT2D eigenvalue weighted by Crippen LogP contribution is -2.28. The average molecular weight is 972 g/mol. The van der Waals surface area contributed by atoms with Crippen LogP contribution in [-0.2, 0) is 9.59 Å². The van der Waals surface area contributed by atoms with Crippen LogP contribution in [0, 0.1) is 0 Å². The van der Waals surface area contributed by atoms with E-state index in [9.17, 15) is 14.7 Å². The van der Waals surface area contributed by atoms with Crippen molar-refractivity contribution in [1.29, 1.82) is 0 Å². The molecule has 0 aliphatic carbocycles. The van der Waals surface area contributed by atoms with Gasteiger partial charge in [0.05, 0.1) is 5.60 Å². The number of aliphatic carboxylic acids is 2. The summed E-state index contributed by atoms with van der Waals surface area (Å²) in [6.07, 6.45) is 76.0. The highest BCUT2D eigenvalue weighted by Crippen LogP contribution is 2.29. The third-order valence-corrected chi connectivity index (χ3v) is 13.4. The summed E-state index contributed by atoms with van der Waals surface area (Å²) in [6, 6.07) is 0. The van der Waals surface area contributed by atoms with E-state index in [2.05, 4.69) is 83.2 Å². The Balaban J connectivity index is -0.000000974. The number of hydrogen-bond acceptors (Lipinski definition) is 3. The predicted molar refractivity (Wildman–Crippen MR) is 307 cm³/mol. The Labute approximate surface area is 432 Å². The largest absolute Gasteiger partial charge is 0.481 e. The van der Waals surface area contributed by atoms with Crippen molar-refractivity contribution in [3.05, 3.63) is 48.6 Å². The van der Waals surface area contributed by atoms with E-state index in [1.54, 1.807) is 0 Å². The number of carbonyl (C=O) groups is 2. The summed E-state index contributed by atoms with van der Waals surface area (Å²) in [7, 11) is 0. The number of aliphatic hydroxyl groups is 1. The van der Waals surface area contributed by atoms with Gasteiger partial charge in [-0.1, -0.05) is 282 Å². The van der Waals surface area contributed by atoms with Gasteiger partial charge < -0.3 is 15.3 Å². The number of carboxylic acids is 2. The summed E-state index contributed by atoms with van der Waals surface area (Å²) >= 11 is 0. The molecule has 5 heteroatoms. The molecule has 0 rings (SSSR count).